The fraction of sp³-hybridized carbons (Fsp3) is 0.643. The van der Waals surface area contributed by atoms with Crippen molar-refractivity contribution in [3.63, 3.8) is 0 Å². The number of hydrogen-bond donors (Lipinski definition) is 1. The van der Waals surface area contributed by atoms with Crippen LogP contribution in [-0.4, -0.2) is 57.2 Å². The molecule has 0 atom stereocenters. The number of carbonyl (C=O) groups is 1. The van der Waals surface area contributed by atoms with Crippen molar-refractivity contribution in [2.75, 3.05) is 19.7 Å². The van der Waals surface area contributed by atoms with Crippen molar-refractivity contribution in [2.24, 2.45) is 5.92 Å². The van der Waals surface area contributed by atoms with Crippen molar-refractivity contribution >= 4 is 17.5 Å². The van der Waals surface area contributed by atoms with Gasteiger partial charge in [-0.3, -0.25) is 9.48 Å². The number of hydrogen-bond acceptors (Lipinski definition) is 4. The van der Waals surface area contributed by atoms with Crippen molar-refractivity contribution < 1.29 is 19.0 Å². The minimum absolute atomic E-state index is 0.0839. The molecule has 1 saturated carbocycles. The second kappa shape index (κ2) is 10.7. The molecule has 2 fully saturated rings. The number of aryl methyl sites for hydroxylation is 2. The number of piperidine rings is 1. The van der Waals surface area contributed by atoms with E-state index in [4.69, 9.17) is 21.4 Å². The highest BCUT2D eigenvalue weighted by Gasteiger charge is 2.37. The van der Waals surface area contributed by atoms with Crippen molar-refractivity contribution in [1.82, 2.24) is 14.7 Å². The average molecular weight is 518 g/mol. The maximum atomic E-state index is 14.4. The first-order chi connectivity index (χ1) is 17.3. The standard InChI is InChI=1S/C28H37ClFN3O3/c1-19-5-10-23(29)25(17-19)36-21-8-6-20(7-9-21)11-14-33-24-4-2-3-22(24)26(31-33)27(35)32-15-12-28(30,18-34)13-16-32/h5,10,17,20-21,34H,2-4,6-9,11-16,18H2,1H3/t20-,21-. The molecule has 0 unspecified atom stereocenters. The summed E-state index contributed by atoms with van der Waals surface area (Å²) in [7, 11) is 0. The minimum atomic E-state index is -1.56. The summed E-state index contributed by atoms with van der Waals surface area (Å²) in [6.07, 6.45) is 8.80. The van der Waals surface area contributed by atoms with Gasteiger partial charge in [-0.1, -0.05) is 17.7 Å². The molecule has 2 aromatic rings. The lowest BCUT2D eigenvalue weighted by Crippen LogP contribution is -2.46. The molecule has 0 bridgehead atoms. The molecule has 8 heteroatoms. The Morgan fingerprint density at radius 1 is 1.22 bits per heavy atom. The Morgan fingerprint density at radius 2 is 1.97 bits per heavy atom. The van der Waals surface area contributed by atoms with Gasteiger partial charge < -0.3 is 14.7 Å². The summed E-state index contributed by atoms with van der Waals surface area (Å²) in [4.78, 5) is 15.0. The molecule has 1 aromatic carbocycles. The molecule has 1 N–H and O–H groups in total. The van der Waals surface area contributed by atoms with Crippen molar-refractivity contribution in [3.05, 3.63) is 45.7 Å². The maximum Gasteiger partial charge on any atom is 0.274 e. The molecule has 0 spiro atoms. The first-order valence-electron chi connectivity index (χ1n) is 13.5. The van der Waals surface area contributed by atoms with E-state index in [9.17, 15) is 14.3 Å². The van der Waals surface area contributed by atoms with Crippen LogP contribution < -0.4 is 4.74 Å². The van der Waals surface area contributed by atoms with Crippen LogP contribution in [0.25, 0.3) is 0 Å². The zero-order valence-corrected chi connectivity index (χ0v) is 21.9. The summed E-state index contributed by atoms with van der Waals surface area (Å²) in [5, 5.41) is 14.7. The monoisotopic (exact) mass is 517 g/mol. The van der Waals surface area contributed by atoms with Crippen LogP contribution in [0.1, 0.15) is 78.7 Å². The maximum absolute atomic E-state index is 14.4. The van der Waals surface area contributed by atoms with Gasteiger partial charge in [0, 0.05) is 43.7 Å². The molecule has 0 radical (unpaired) electrons. The van der Waals surface area contributed by atoms with Gasteiger partial charge in [0.25, 0.3) is 5.91 Å². The zero-order valence-electron chi connectivity index (χ0n) is 21.1. The zero-order chi connectivity index (χ0) is 25.3. The highest BCUT2D eigenvalue weighted by molar-refractivity contribution is 6.32. The number of aliphatic hydroxyl groups is 1. The van der Waals surface area contributed by atoms with E-state index in [1.165, 1.54) is 5.69 Å². The van der Waals surface area contributed by atoms with E-state index < -0.39 is 12.3 Å². The number of nitrogens with zero attached hydrogens (tertiary/aromatic N) is 3. The van der Waals surface area contributed by atoms with Gasteiger partial charge in [-0.25, -0.2) is 4.39 Å². The number of halogens is 2. The van der Waals surface area contributed by atoms with Gasteiger partial charge >= 0.3 is 0 Å². The molecule has 3 aliphatic rings. The summed E-state index contributed by atoms with van der Waals surface area (Å²) >= 11 is 6.31. The number of aromatic nitrogens is 2. The van der Waals surface area contributed by atoms with E-state index in [0.29, 0.717) is 29.7 Å². The highest BCUT2D eigenvalue weighted by Crippen LogP contribution is 2.34. The lowest BCUT2D eigenvalue weighted by molar-refractivity contribution is 0.00965. The van der Waals surface area contributed by atoms with Crippen LogP contribution in [0.3, 0.4) is 0 Å². The van der Waals surface area contributed by atoms with Crippen LogP contribution >= 0.6 is 11.6 Å². The van der Waals surface area contributed by atoms with E-state index in [-0.39, 0.29) is 24.9 Å². The second-order valence-electron chi connectivity index (χ2n) is 10.9. The molecule has 36 heavy (non-hydrogen) atoms. The predicted octanol–water partition coefficient (Wildman–Crippen LogP) is 5.30. The van der Waals surface area contributed by atoms with Gasteiger partial charge in [-0.15, -0.1) is 0 Å². The number of fused-ring (bicyclic) bond motifs is 1. The van der Waals surface area contributed by atoms with Crippen LogP contribution in [0.15, 0.2) is 18.2 Å². The summed E-state index contributed by atoms with van der Waals surface area (Å²) in [6, 6.07) is 5.90. The fourth-order valence-electron chi connectivity index (χ4n) is 6.01. The van der Waals surface area contributed by atoms with Crippen LogP contribution in [0.2, 0.25) is 5.02 Å². The van der Waals surface area contributed by atoms with Gasteiger partial charge in [0.2, 0.25) is 0 Å². The van der Waals surface area contributed by atoms with Gasteiger partial charge in [-0.2, -0.15) is 5.10 Å². The normalized spacial score (nSPS) is 23.5. The number of likely N-dealkylation sites (tertiary alicyclic amines) is 1. The summed E-state index contributed by atoms with van der Waals surface area (Å²) in [5.41, 5.74) is 2.44. The Hall–Kier alpha value is -2.12. The Morgan fingerprint density at radius 3 is 2.69 bits per heavy atom. The van der Waals surface area contributed by atoms with Crippen LogP contribution in [0, 0.1) is 12.8 Å². The fourth-order valence-corrected chi connectivity index (χ4v) is 6.17. The van der Waals surface area contributed by atoms with Crippen LogP contribution in [0.5, 0.6) is 5.75 Å². The van der Waals surface area contributed by atoms with Crippen molar-refractivity contribution in [3.8, 4) is 5.75 Å². The number of benzene rings is 1. The molecule has 1 saturated heterocycles. The summed E-state index contributed by atoms with van der Waals surface area (Å²) in [6.45, 7) is 3.05. The molecule has 1 aliphatic heterocycles. The largest absolute Gasteiger partial charge is 0.489 e. The van der Waals surface area contributed by atoms with Gasteiger partial charge in [0.05, 0.1) is 17.7 Å². The topological polar surface area (TPSA) is 67.6 Å². The molecular weight excluding hydrogens is 481 g/mol. The molecule has 196 valence electrons. The first kappa shape index (κ1) is 25.5. The quantitative estimate of drug-likeness (QED) is 0.541. The van der Waals surface area contributed by atoms with Gasteiger partial charge in [0.1, 0.15) is 11.4 Å². The lowest BCUT2D eigenvalue weighted by atomic mass is 9.85. The molecule has 2 aliphatic carbocycles. The lowest BCUT2D eigenvalue weighted by Gasteiger charge is -2.35. The van der Waals surface area contributed by atoms with E-state index in [1.54, 1.807) is 4.90 Å². The van der Waals surface area contributed by atoms with E-state index in [2.05, 4.69) is 4.68 Å². The van der Waals surface area contributed by atoms with E-state index in [1.807, 2.05) is 25.1 Å². The first-order valence-corrected chi connectivity index (χ1v) is 13.8. The third-order valence-electron chi connectivity index (χ3n) is 8.36. The minimum Gasteiger partial charge on any atom is -0.489 e. The van der Waals surface area contributed by atoms with E-state index >= 15 is 0 Å². The molecule has 6 nitrogen and oxygen atoms in total. The number of aliphatic hydroxyl groups excluding tert-OH is 1. The van der Waals surface area contributed by atoms with Crippen LogP contribution in [-0.2, 0) is 19.4 Å². The Balaban J connectivity index is 1.16. The molecule has 2 heterocycles. The molecular formula is C28H37ClFN3O3. The average Bonchev–Trinajstić information content (AvgIpc) is 3.49. The van der Waals surface area contributed by atoms with Gasteiger partial charge in [0.15, 0.2) is 5.69 Å². The number of amides is 1. The predicted molar refractivity (Wildman–Crippen MR) is 137 cm³/mol. The summed E-state index contributed by atoms with van der Waals surface area (Å²) < 4.78 is 22.7. The Labute approximate surface area is 217 Å². The van der Waals surface area contributed by atoms with E-state index in [0.717, 1.165) is 74.8 Å². The number of ether oxygens (including phenoxy) is 1. The third-order valence-corrected chi connectivity index (χ3v) is 8.68. The van der Waals surface area contributed by atoms with Crippen molar-refractivity contribution in [1.29, 1.82) is 0 Å². The number of alkyl halides is 1. The van der Waals surface area contributed by atoms with Crippen molar-refractivity contribution in [2.45, 2.75) is 89.4 Å². The summed E-state index contributed by atoms with van der Waals surface area (Å²) in [5.74, 6) is 1.32. The molecule has 1 amide bonds. The van der Waals surface area contributed by atoms with Crippen LogP contribution in [0.4, 0.5) is 4.39 Å². The molecule has 1 aromatic heterocycles. The number of carbonyl (C=O) groups excluding carboxylic acids is 1. The Bertz CT molecular complexity index is 1090. The third kappa shape index (κ3) is 5.42. The Kier molecular flexibility index (Phi) is 7.59. The smallest absolute Gasteiger partial charge is 0.274 e. The SMILES string of the molecule is Cc1ccc(Cl)c(O[C@H]2CC[C@H](CCn3nc(C(=O)N4CCC(F)(CO)CC4)c4c3CCC4)CC2)c1. The highest BCUT2D eigenvalue weighted by atomic mass is 35.5. The second-order valence-corrected chi connectivity index (χ2v) is 11.3. The molecule has 5 rings (SSSR count). The number of rotatable bonds is 7. The van der Waals surface area contributed by atoms with Gasteiger partial charge in [-0.05, 0) is 81.9 Å².